The predicted octanol–water partition coefficient (Wildman–Crippen LogP) is 6.30. The minimum atomic E-state index is 0.0743. The van der Waals surface area contributed by atoms with Crippen LogP contribution in [0.25, 0.3) is 6.08 Å². The van der Waals surface area contributed by atoms with Crippen molar-refractivity contribution in [2.45, 2.75) is 76.5 Å². The largest absolute Gasteiger partial charge is 0.378 e. The quantitative estimate of drug-likeness (QED) is 0.505. The molecule has 0 radical (unpaired) electrons. The third-order valence-electron chi connectivity index (χ3n) is 8.64. The molecule has 0 spiro atoms. The zero-order valence-corrected chi connectivity index (χ0v) is 21.5. The van der Waals surface area contributed by atoms with Crippen LogP contribution in [0, 0.1) is 6.92 Å². The van der Waals surface area contributed by atoms with Crippen molar-refractivity contribution in [1.29, 1.82) is 0 Å². The van der Waals surface area contributed by atoms with Crippen molar-refractivity contribution in [3.05, 3.63) is 75.9 Å². The molecule has 3 nitrogen and oxygen atoms in total. The van der Waals surface area contributed by atoms with Crippen molar-refractivity contribution in [1.82, 2.24) is 4.90 Å². The molecule has 3 heteroatoms. The molecule has 2 fully saturated rings. The van der Waals surface area contributed by atoms with E-state index in [-0.39, 0.29) is 22.2 Å². The average Bonchev–Trinajstić information content (AvgIpc) is 3.63. The summed E-state index contributed by atoms with van der Waals surface area (Å²) < 4.78 is 5.37. The highest BCUT2D eigenvalue weighted by molar-refractivity contribution is 5.91. The summed E-state index contributed by atoms with van der Waals surface area (Å²) in [5, 5.41) is 0. The van der Waals surface area contributed by atoms with Gasteiger partial charge in [0.1, 0.15) is 0 Å². The zero-order valence-electron chi connectivity index (χ0n) is 21.5. The Morgan fingerprint density at radius 1 is 0.882 bits per heavy atom. The molecule has 34 heavy (non-hydrogen) atoms. The van der Waals surface area contributed by atoms with Gasteiger partial charge in [0, 0.05) is 24.6 Å². The van der Waals surface area contributed by atoms with Crippen LogP contribution in [-0.2, 0) is 25.8 Å². The van der Waals surface area contributed by atoms with E-state index in [1.165, 1.54) is 42.4 Å². The summed E-state index contributed by atoms with van der Waals surface area (Å²) in [6, 6.07) is 13.9. The summed E-state index contributed by atoms with van der Waals surface area (Å²) >= 11 is 0. The van der Waals surface area contributed by atoms with Crippen LogP contribution in [-0.4, -0.2) is 37.1 Å². The molecule has 180 valence electrons. The molecule has 1 heterocycles. The number of aryl methyl sites for hydroxylation is 1. The number of hydrogen-bond donors (Lipinski definition) is 0. The van der Waals surface area contributed by atoms with Gasteiger partial charge in [-0.3, -0.25) is 4.79 Å². The lowest BCUT2D eigenvalue weighted by molar-refractivity contribution is -0.129. The molecule has 1 aliphatic heterocycles. The Bertz CT molecular complexity index is 1130. The van der Waals surface area contributed by atoms with Gasteiger partial charge >= 0.3 is 0 Å². The van der Waals surface area contributed by atoms with Crippen LogP contribution in [0.1, 0.15) is 86.8 Å². The van der Waals surface area contributed by atoms with Gasteiger partial charge in [-0.1, -0.05) is 64.1 Å². The second-order valence-corrected chi connectivity index (χ2v) is 12.0. The minimum Gasteiger partial charge on any atom is -0.378 e. The smallest absolute Gasteiger partial charge is 0.246 e. The molecule has 2 aromatic carbocycles. The van der Waals surface area contributed by atoms with Crippen molar-refractivity contribution >= 4 is 12.0 Å². The standard InChI is InChI=1S/C31H39NO2/c1-22-19-26-27(30(4,5)12-11-29(26,2)3)21-25(22)31(13-14-31)24-8-6-7-23(20-24)9-10-28(33)32-15-17-34-18-16-32/h6-10,19-21H,11-18H2,1-5H3. The summed E-state index contributed by atoms with van der Waals surface area (Å²) in [6.07, 6.45) is 8.56. The summed E-state index contributed by atoms with van der Waals surface area (Å²) in [5.41, 5.74) is 9.05. The Morgan fingerprint density at radius 3 is 2.18 bits per heavy atom. The van der Waals surface area contributed by atoms with E-state index in [1.54, 1.807) is 17.2 Å². The molecule has 2 aliphatic carbocycles. The first-order chi connectivity index (χ1) is 16.1. The molecule has 2 aromatic rings. The highest BCUT2D eigenvalue weighted by Gasteiger charge is 2.48. The molecule has 0 bridgehead atoms. The number of ether oxygens (including phenoxy) is 1. The summed E-state index contributed by atoms with van der Waals surface area (Å²) in [6.45, 7) is 14.6. The Balaban J connectivity index is 1.46. The lowest BCUT2D eigenvalue weighted by atomic mass is 9.62. The number of rotatable bonds is 4. The van der Waals surface area contributed by atoms with E-state index in [0.29, 0.717) is 26.3 Å². The zero-order chi connectivity index (χ0) is 24.1. The molecule has 0 aromatic heterocycles. The number of morpholine rings is 1. The highest BCUT2D eigenvalue weighted by Crippen LogP contribution is 2.56. The topological polar surface area (TPSA) is 29.5 Å². The van der Waals surface area contributed by atoms with Crippen LogP contribution >= 0.6 is 0 Å². The molecule has 0 N–H and O–H groups in total. The maximum Gasteiger partial charge on any atom is 0.246 e. The first-order valence-electron chi connectivity index (χ1n) is 12.9. The first kappa shape index (κ1) is 23.4. The molecule has 0 atom stereocenters. The number of carbonyl (C=O) groups is 1. The monoisotopic (exact) mass is 457 g/mol. The lowest BCUT2D eigenvalue weighted by Crippen LogP contribution is -2.39. The van der Waals surface area contributed by atoms with Crippen LogP contribution in [0.2, 0.25) is 0 Å². The fourth-order valence-electron chi connectivity index (χ4n) is 6.07. The molecule has 1 saturated carbocycles. The Labute approximate surface area is 205 Å². The van der Waals surface area contributed by atoms with E-state index in [2.05, 4.69) is 71.0 Å². The van der Waals surface area contributed by atoms with E-state index >= 15 is 0 Å². The number of carbonyl (C=O) groups excluding carboxylic acids is 1. The lowest BCUT2D eigenvalue weighted by Gasteiger charge is -2.43. The maximum absolute atomic E-state index is 12.6. The molecule has 1 saturated heterocycles. The van der Waals surface area contributed by atoms with Crippen molar-refractivity contribution in [3.63, 3.8) is 0 Å². The minimum absolute atomic E-state index is 0.0743. The second-order valence-electron chi connectivity index (χ2n) is 12.0. The van der Waals surface area contributed by atoms with Crippen molar-refractivity contribution in [2.75, 3.05) is 26.3 Å². The van der Waals surface area contributed by atoms with Crippen molar-refractivity contribution in [3.8, 4) is 0 Å². The molecule has 1 amide bonds. The van der Waals surface area contributed by atoms with Gasteiger partial charge < -0.3 is 9.64 Å². The highest BCUT2D eigenvalue weighted by atomic mass is 16.5. The van der Waals surface area contributed by atoms with Gasteiger partial charge in [-0.2, -0.15) is 0 Å². The number of fused-ring (bicyclic) bond motifs is 1. The van der Waals surface area contributed by atoms with E-state index < -0.39 is 0 Å². The van der Waals surface area contributed by atoms with Crippen molar-refractivity contribution < 1.29 is 9.53 Å². The van der Waals surface area contributed by atoms with Gasteiger partial charge in [0.25, 0.3) is 0 Å². The number of amides is 1. The third kappa shape index (κ3) is 4.13. The number of benzene rings is 2. The average molecular weight is 458 g/mol. The summed E-state index contributed by atoms with van der Waals surface area (Å²) in [5.74, 6) is 0.0743. The number of hydrogen-bond acceptors (Lipinski definition) is 2. The van der Waals surface area contributed by atoms with Crippen LogP contribution in [0.4, 0.5) is 0 Å². The fourth-order valence-corrected chi connectivity index (χ4v) is 6.07. The molecule has 3 aliphatic rings. The van der Waals surface area contributed by atoms with Crippen LogP contribution < -0.4 is 0 Å². The van der Waals surface area contributed by atoms with E-state index in [9.17, 15) is 4.79 Å². The first-order valence-corrected chi connectivity index (χ1v) is 12.9. The Hall–Kier alpha value is -2.39. The molecular weight excluding hydrogens is 418 g/mol. The third-order valence-corrected chi connectivity index (χ3v) is 8.64. The van der Waals surface area contributed by atoms with E-state index in [0.717, 1.165) is 5.56 Å². The van der Waals surface area contributed by atoms with Gasteiger partial charge in [-0.25, -0.2) is 0 Å². The maximum atomic E-state index is 12.6. The van der Waals surface area contributed by atoms with Crippen LogP contribution in [0.5, 0.6) is 0 Å². The number of nitrogens with zero attached hydrogens (tertiary/aromatic N) is 1. The SMILES string of the molecule is Cc1cc2c(cc1C1(c3cccc(C=CC(=O)N4CCOCC4)c3)CC1)C(C)(C)CCC2(C)C. The molecule has 5 rings (SSSR count). The Morgan fingerprint density at radius 2 is 1.53 bits per heavy atom. The molecular formula is C31H39NO2. The van der Waals surface area contributed by atoms with Gasteiger partial charge in [0.05, 0.1) is 13.2 Å². The molecule has 0 unspecified atom stereocenters. The summed E-state index contributed by atoms with van der Waals surface area (Å²) in [4.78, 5) is 14.4. The van der Waals surface area contributed by atoms with Gasteiger partial charge in [0.2, 0.25) is 5.91 Å². The normalized spacial score (nSPS) is 22.4. The Kier molecular flexibility index (Phi) is 5.75. The fraction of sp³-hybridized carbons (Fsp3) is 0.516. The van der Waals surface area contributed by atoms with Crippen LogP contribution in [0.15, 0.2) is 42.5 Å². The predicted molar refractivity (Wildman–Crippen MR) is 139 cm³/mol. The van der Waals surface area contributed by atoms with Crippen LogP contribution in [0.3, 0.4) is 0 Å². The van der Waals surface area contributed by atoms with Gasteiger partial charge in [-0.15, -0.1) is 0 Å². The van der Waals surface area contributed by atoms with Gasteiger partial charge in [-0.05, 0) is 82.9 Å². The van der Waals surface area contributed by atoms with E-state index in [1.807, 2.05) is 11.0 Å². The second kappa shape index (κ2) is 8.37. The van der Waals surface area contributed by atoms with Gasteiger partial charge in [0.15, 0.2) is 0 Å². The van der Waals surface area contributed by atoms with Crippen molar-refractivity contribution in [2.24, 2.45) is 0 Å². The summed E-state index contributed by atoms with van der Waals surface area (Å²) in [7, 11) is 0. The van der Waals surface area contributed by atoms with E-state index in [4.69, 9.17) is 4.74 Å².